The Kier molecular flexibility index (Phi) is 3.95. The molecule has 0 unspecified atom stereocenters. The van der Waals surface area contributed by atoms with Gasteiger partial charge in [-0.2, -0.15) is 0 Å². The zero-order valence-corrected chi connectivity index (χ0v) is 12.0. The summed E-state index contributed by atoms with van der Waals surface area (Å²) in [6.07, 6.45) is 4.73. The van der Waals surface area contributed by atoms with Crippen molar-refractivity contribution in [2.75, 3.05) is 5.43 Å². The minimum atomic E-state index is 0.635. The molecule has 3 rings (SSSR count). The van der Waals surface area contributed by atoms with E-state index in [1.165, 1.54) is 30.6 Å². The van der Waals surface area contributed by atoms with Gasteiger partial charge in [0.15, 0.2) is 5.16 Å². The van der Waals surface area contributed by atoms with E-state index in [4.69, 9.17) is 5.84 Å². The molecule has 0 saturated carbocycles. The quantitative estimate of drug-likeness (QED) is 0.501. The van der Waals surface area contributed by atoms with E-state index in [1.54, 1.807) is 11.8 Å². The molecule has 2 aromatic rings. The van der Waals surface area contributed by atoms with Crippen LogP contribution in [0.3, 0.4) is 0 Å². The molecular weight excluding hydrogens is 282 g/mol. The van der Waals surface area contributed by atoms with Crippen LogP contribution in [-0.4, -0.2) is 25.0 Å². The van der Waals surface area contributed by atoms with Crippen LogP contribution in [-0.2, 0) is 18.7 Å². The third-order valence-corrected chi connectivity index (χ3v) is 5.01. The second-order valence-electron chi connectivity index (χ2n) is 4.30. The monoisotopic (exact) mass is 297 g/mol. The lowest BCUT2D eigenvalue weighted by Crippen LogP contribution is -2.05. The summed E-state index contributed by atoms with van der Waals surface area (Å²) < 4.78 is 2.24. The summed E-state index contributed by atoms with van der Waals surface area (Å²) in [6.45, 7) is 1.02. The summed E-state index contributed by atoms with van der Waals surface area (Å²) in [5.74, 6) is 7.15. The summed E-state index contributed by atoms with van der Waals surface area (Å²) in [4.78, 5) is 0. The number of nitrogens with zero attached hydrogens (tertiary/aromatic N) is 5. The van der Waals surface area contributed by atoms with Crippen molar-refractivity contribution in [2.24, 2.45) is 5.84 Å². The fourth-order valence-electron chi connectivity index (χ4n) is 2.06. The molecule has 0 fully saturated rings. The van der Waals surface area contributed by atoms with Gasteiger partial charge in [-0.15, -0.1) is 20.4 Å². The molecule has 0 bridgehead atoms. The third-order valence-electron chi connectivity index (χ3n) is 2.99. The average molecular weight is 297 g/mol. The Hall–Kier alpha value is -1.19. The minimum absolute atomic E-state index is 0.635. The highest BCUT2D eigenvalue weighted by molar-refractivity contribution is 7.98. The van der Waals surface area contributed by atoms with Gasteiger partial charge in [-0.25, -0.2) is 5.84 Å². The molecule has 3 N–H and O–H groups in total. The first-order valence-electron chi connectivity index (χ1n) is 6.20. The number of aryl methyl sites for hydroxylation is 1. The lowest BCUT2D eigenvalue weighted by Gasteiger charge is -2.04. The van der Waals surface area contributed by atoms with E-state index >= 15 is 0 Å². The number of anilines is 1. The Morgan fingerprint density at radius 1 is 1.21 bits per heavy atom. The molecule has 1 aliphatic rings. The minimum Gasteiger partial charge on any atom is -0.306 e. The summed E-state index contributed by atoms with van der Waals surface area (Å²) in [7, 11) is 0. The number of hydrogen-bond donors (Lipinski definition) is 2. The number of hydrogen-bond acceptors (Lipinski definition) is 8. The van der Waals surface area contributed by atoms with Crippen molar-refractivity contribution >= 4 is 28.2 Å². The van der Waals surface area contributed by atoms with E-state index in [2.05, 4.69) is 30.4 Å². The number of rotatable bonds is 4. The van der Waals surface area contributed by atoms with E-state index < -0.39 is 0 Å². The van der Waals surface area contributed by atoms with E-state index in [9.17, 15) is 0 Å². The summed E-state index contributed by atoms with van der Waals surface area (Å²) in [5.41, 5.74) is 2.50. The number of thioether (sulfide) groups is 1. The molecule has 0 aromatic carbocycles. The number of hydrazine groups is 1. The highest BCUT2D eigenvalue weighted by Crippen LogP contribution is 2.26. The molecule has 0 radical (unpaired) electrons. The Morgan fingerprint density at radius 2 is 2.16 bits per heavy atom. The normalized spacial score (nSPS) is 15.0. The van der Waals surface area contributed by atoms with E-state index in [0.29, 0.717) is 5.13 Å². The van der Waals surface area contributed by atoms with Crippen molar-refractivity contribution in [1.82, 2.24) is 25.0 Å². The number of nitrogens with two attached hydrogens (primary N) is 1. The van der Waals surface area contributed by atoms with Gasteiger partial charge < -0.3 is 4.57 Å². The van der Waals surface area contributed by atoms with Crippen LogP contribution in [0, 0.1) is 0 Å². The highest BCUT2D eigenvalue weighted by atomic mass is 32.2. The molecule has 0 aliphatic carbocycles. The topological polar surface area (TPSA) is 94.5 Å². The Bertz CT molecular complexity index is 550. The van der Waals surface area contributed by atoms with Gasteiger partial charge in [0, 0.05) is 13.0 Å². The Morgan fingerprint density at radius 3 is 3.00 bits per heavy atom. The lowest BCUT2D eigenvalue weighted by atomic mass is 10.2. The molecule has 3 heterocycles. The molecule has 0 spiro atoms. The zero-order valence-electron chi connectivity index (χ0n) is 10.4. The van der Waals surface area contributed by atoms with Crippen LogP contribution in [0.1, 0.15) is 30.1 Å². The summed E-state index contributed by atoms with van der Waals surface area (Å²) in [5, 5.41) is 19.1. The van der Waals surface area contributed by atoms with Crippen molar-refractivity contribution in [3.8, 4) is 0 Å². The molecule has 7 nitrogen and oxygen atoms in total. The number of nitrogens with one attached hydrogen (secondary N) is 1. The van der Waals surface area contributed by atoms with Crippen molar-refractivity contribution in [3.05, 3.63) is 10.8 Å². The zero-order chi connectivity index (χ0) is 13.1. The van der Waals surface area contributed by atoms with E-state index in [-0.39, 0.29) is 0 Å². The molecule has 0 amide bonds. The van der Waals surface area contributed by atoms with Gasteiger partial charge in [0.05, 0.1) is 5.75 Å². The predicted octanol–water partition coefficient (Wildman–Crippen LogP) is 1.43. The Balaban J connectivity index is 1.68. The number of fused-ring (bicyclic) bond motifs is 1. The Labute approximate surface area is 119 Å². The van der Waals surface area contributed by atoms with E-state index in [1.807, 2.05) is 0 Å². The molecular formula is C10H15N7S2. The molecule has 0 atom stereocenters. The van der Waals surface area contributed by atoms with Crippen LogP contribution in [0.2, 0.25) is 0 Å². The highest BCUT2D eigenvalue weighted by Gasteiger charge is 2.15. The van der Waals surface area contributed by atoms with Crippen molar-refractivity contribution in [1.29, 1.82) is 0 Å². The van der Waals surface area contributed by atoms with Gasteiger partial charge in [-0.05, 0) is 12.8 Å². The number of aromatic nitrogens is 5. The van der Waals surface area contributed by atoms with Crippen LogP contribution >= 0.6 is 23.1 Å². The third kappa shape index (κ3) is 2.88. The van der Waals surface area contributed by atoms with Gasteiger partial charge in [-0.1, -0.05) is 29.5 Å². The maximum Gasteiger partial charge on any atom is 0.219 e. The number of nitrogen functional groups attached to an aromatic ring is 1. The lowest BCUT2D eigenvalue weighted by molar-refractivity contribution is 0.591. The molecule has 19 heavy (non-hydrogen) atoms. The SMILES string of the molecule is NNc1nnc(CSc2nnc3n2CCCCC3)s1. The van der Waals surface area contributed by atoms with Gasteiger partial charge in [0.25, 0.3) is 0 Å². The first-order valence-corrected chi connectivity index (χ1v) is 8.01. The first-order chi connectivity index (χ1) is 9.36. The van der Waals surface area contributed by atoms with Gasteiger partial charge in [0.1, 0.15) is 10.8 Å². The first kappa shape index (κ1) is 12.8. The predicted molar refractivity (Wildman–Crippen MR) is 74.9 cm³/mol. The van der Waals surface area contributed by atoms with Gasteiger partial charge >= 0.3 is 0 Å². The van der Waals surface area contributed by atoms with Gasteiger partial charge in [-0.3, -0.25) is 5.43 Å². The van der Waals surface area contributed by atoms with Crippen LogP contribution in [0.25, 0.3) is 0 Å². The maximum absolute atomic E-state index is 5.29. The largest absolute Gasteiger partial charge is 0.306 e. The maximum atomic E-state index is 5.29. The summed E-state index contributed by atoms with van der Waals surface area (Å²) in [6, 6.07) is 0. The van der Waals surface area contributed by atoms with Crippen LogP contribution in [0.5, 0.6) is 0 Å². The van der Waals surface area contributed by atoms with Crippen molar-refractivity contribution in [3.63, 3.8) is 0 Å². The van der Waals surface area contributed by atoms with Crippen LogP contribution in [0.15, 0.2) is 5.16 Å². The van der Waals surface area contributed by atoms with Crippen LogP contribution < -0.4 is 11.3 Å². The summed E-state index contributed by atoms with van der Waals surface area (Å²) >= 11 is 3.12. The molecule has 1 aliphatic heterocycles. The second-order valence-corrected chi connectivity index (χ2v) is 6.30. The smallest absolute Gasteiger partial charge is 0.219 e. The fourth-order valence-corrected chi connectivity index (χ4v) is 3.68. The fraction of sp³-hybridized carbons (Fsp3) is 0.600. The molecule has 9 heteroatoms. The van der Waals surface area contributed by atoms with Gasteiger partial charge in [0.2, 0.25) is 5.13 Å². The standard InChI is InChI=1S/C10H15N7S2/c11-12-9-15-14-8(19-9)6-18-10-16-13-7-4-2-1-3-5-17(7)10/h1-6,11H2,(H,12,15). The van der Waals surface area contributed by atoms with Crippen molar-refractivity contribution < 1.29 is 0 Å². The molecule has 0 saturated heterocycles. The average Bonchev–Trinajstić information content (AvgIpc) is 2.97. The van der Waals surface area contributed by atoms with Crippen LogP contribution in [0.4, 0.5) is 5.13 Å². The van der Waals surface area contributed by atoms with Crippen molar-refractivity contribution in [2.45, 2.75) is 43.1 Å². The molecule has 2 aromatic heterocycles. The second kappa shape index (κ2) is 5.85. The molecule has 102 valence electrons. The van der Waals surface area contributed by atoms with E-state index in [0.717, 1.165) is 34.7 Å².